The Labute approximate surface area is 186 Å². The lowest BCUT2D eigenvalue weighted by Crippen LogP contribution is -2.06. The first kappa shape index (κ1) is 19.9. The Morgan fingerprint density at radius 1 is 0.897 bits per heavy atom. The van der Waals surface area contributed by atoms with E-state index in [1.54, 1.807) is 6.08 Å². The van der Waals surface area contributed by atoms with Crippen molar-refractivity contribution in [3.05, 3.63) is 111 Å². The molecule has 1 aromatic heterocycles. The van der Waals surface area contributed by atoms with Crippen LogP contribution < -0.4 is 0 Å². The summed E-state index contributed by atoms with van der Waals surface area (Å²) in [5.41, 5.74) is 4.37. The molecule has 0 aliphatic carbocycles. The number of carbonyl (C=O) groups excluding carboxylic acids is 1. The van der Waals surface area contributed by atoms with Gasteiger partial charge in [-0.2, -0.15) is 0 Å². The van der Waals surface area contributed by atoms with Crippen molar-refractivity contribution in [3.63, 3.8) is 0 Å². The number of rotatable bonds is 6. The molecule has 4 rings (SSSR count). The van der Waals surface area contributed by atoms with E-state index >= 15 is 0 Å². The van der Waals surface area contributed by atoms with Crippen LogP contribution in [0.2, 0.25) is 0 Å². The average molecular weight is 509 g/mol. The number of aromatic nitrogens is 1. The van der Waals surface area contributed by atoms with Crippen molar-refractivity contribution < 1.29 is 4.79 Å². The number of para-hydroxylation sites is 1. The Kier molecular flexibility index (Phi) is 6.12. The maximum Gasteiger partial charge on any atom is 0.156 e. The normalized spacial score (nSPS) is 12.5. The summed E-state index contributed by atoms with van der Waals surface area (Å²) in [5.74, 6) is 0.0902. The van der Waals surface area contributed by atoms with Crippen LogP contribution in [0.5, 0.6) is 0 Å². The zero-order valence-corrected chi connectivity index (χ0v) is 18.8. The van der Waals surface area contributed by atoms with E-state index in [2.05, 4.69) is 61.1 Å². The van der Waals surface area contributed by atoms with Crippen molar-refractivity contribution in [2.24, 2.45) is 0 Å². The second-order valence-corrected chi connectivity index (χ2v) is 8.78. The van der Waals surface area contributed by atoms with E-state index in [1.165, 1.54) is 0 Å². The number of aromatic amines is 1. The van der Waals surface area contributed by atoms with Crippen LogP contribution in [-0.4, -0.2) is 10.8 Å². The molecule has 2 nitrogen and oxygen atoms in total. The molecule has 0 aliphatic rings. The number of halogens is 2. The van der Waals surface area contributed by atoms with Crippen LogP contribution in [0.1, 0.15) is 29.0 Å². The highest BCUT2D eigenvalue weighted by atomic mass is 79.9. The summed E-state index contributed by atoms with van der Waals surface area (Å²) in [6.45, 7) is 0. The van der Waals surface area contributed by atoms with Crippen molar-refractivity contribution in [2.45, 2.75) is 12.3 Å². The van der Waals surface area contributed by atoms with E-state index in [1.807, 2.05) is 60.8 Å². The fourth-order valence-corrected chi connectivity index (χ4v) is 4.05. The Bertz CT molecular complexity index is 1160. The molecule has 0 aliphatic heterocycles. The molecule has 4 aromatic rings. The molecule has 3 aromatic carbocycles. The van der Waals surface area contributed by atoms with Gasteiger partial charge in [0.05, 0.1) is 0 Å². The van der Waals surface area contributed by atoms with Gasteiger partial charge in [-0.15, -0.1) is 0 Å². The molecule has 144 valence electrons. The molecule has 1 atom stereocenters. The molecule has 0 radical (unpaired) electrons. The number of fused-ring (bicyclic) bond motifs is 1. The van der Waals surface area contributed by atoms with Gasteiger partial charge < -0.3 is 4.98 Å². The van der Waals surface area contributed by atoms with E-state index in [0.29, 0.717) is 6.42 Å². The predicted octanol–water partition coefficient (Wildman–Crippen LogP) is 7.50. The number of hydrogen-bond donors (Lipinski definition) is 1. The Morgan fingerprint density at radius 3 is 2.28 bits per heavy atom. The predicted molar refractivity (Wildman–Crippen MR) is 127 cm³/mol. The number of benzene rings is 3. The Hall–Kier alpha value is -2.43. The second kappa shape index (κ2) is 8.93. The molecule has 0 fully saturated rings. The summed E-state index contributed by atoms with van der Waals surface area (Å²) in [4.78, 5) is 16.2. The van der Waals surface area contributed by atoms with Crippen LogP contribution in [0.25, 0.3) is 17.0 Å². The first-order valence-electron chi connectivity index (χ1n) is 9.38. The summed E-state index contributed by atoms with van der Waals surface area (Å²) in [7, 11) is 0. The second-order valence-electron chi connectivity index (χ2n) is 6.95. The molecule has 0 saturated carbocycles. The maximum atomic E-state index is 12.8. The summed E-state index contributed by atoms with van der Waals surface area (Å²) in [6.07, 6.45) is 6.01. The molecule has 1 N–H and O–H groups in total. The van der Waals surface area contributed by atoms with Gasteiger partial charge in [0, 0.05) is 38.4 Å². The summed E-state index contributed by atoms with van der Waals surface area (Å²) in [5, 5.41) is 1.16. The Morgan fingerprint density at radius 2 is 1.55 bits per heavy atom. The highest BCUT2D eigenvalue weighted by Crippen LogP contribution is 2.34. The van der Waals surface area contributed by atoms with Crippen molar-refractivity contribution in [1.82, 2.24) is 4.98 Å². The van der Waals surface area contributed by atoms with Crippen LogP contribution in [-0.2, 0) is 4.79 Å². The third kappa shape index (κ3) is 4.77. The topological polar surface area (TPSA) is 32.9 Å². The van der Waals surface area contributed by atoms with Crippen molar-refractivity contribution in [1.29, 1.82) is 0 Å². The minimum atomic E-state index is -0.0127. The zero-order chi connectivity index (χ0) is 20.2. The largest absolute Gasteiger partial charge is 0.361 e. The minimum absolute atomic E-state index is 0.0127. The van der Waals surface area contributed by atoms with E-state index in [9.17, 15) is 4.79 Å². The standard InChI is InChI=1S/C25H19Br2NO/c26-19-10-5-17(6-11-19)7-14-21(29)15-23(18-8-12-20(27)13-9-18)24-16-28-25-4-2-1-3-22(24)25/h1-14,16,23,28H,15H2/b14-7+. The van der Waals surface area contributed by atoms with Gasteiger partial charge in [-0.1, -0.05) is 80.4 Å². The van der Waals surface area contributed by atoms with Crippen LogP contribution >= 0.6 is 31.9 Å². The van der Waals surface area contributed by atoms with Crippen LogP contribution in [0, 0.1) is 0 Å². The Balaban J connectivity index is 1.64. The van der Waals surface area contributed by atoms with Gasteiger partial charge in [0.15, 0.2) is 5.78 Å². The smallest absolute Gasteiger partial charge is 0.156 e. The van der Waals surface area contributed by atoms with E-state index in [-0.39, 0.29) is 11.7 Å². The number of H-pyrrole nitrogens is 1. The minimum Gasteiger partial charge on any atom is -0.361 e. The van der Waals surface area contributed by atoms with Crippen LogP contribution in [0.15, 0.2) is 94.0 Å². The van der Waals surface area contributed by atoms with Crippen LogP contribution in [0.3, 0.4) is 0 Å². The number of nitrogens with one attached hydrogen (secondary N) is 1. The van der Waals surface area contributed by atoms with Crippen molar-refractivity contribution in [3.8, 4) is 0 Å². The van der Waals surface area contributed by atoms with E-state index in [4.69, 9.17) is 0 Å². The molecule has 0 saturated heterocycles. The quantitative estimate of drug-likeness (QED) is 0.269. The monoisotopic (exact) mass is 507 g/mol. The lowest BCUT2D eigenvalue weighted by atomic mass is 9.87. The number of allylic oxidation sites excluding steroid dienone is 1. The molecular weight excluding hydrogens is 490 g/mol. The molecule has 1 heterocycles. The molecule has 0 bridgehead atoms. The SMILES string of the molecule is O=C(/C=C/c1ccc(Br)cc1)CC(c1ccc(Br)cc1)c1c[nH]c2ccccc12. The lowest BCUT2D eigenvalue weighted by molar-refractivity contribution is -0.114. The molecule has 29 heavy (non-hydrogen) atoms. The van der Waals surface area contributed by atoms with E-state index < -0.39 is 0 Å². The van der Waals surface area contributed by atoms with Gasteiger partial charge in [-0.25, -0.2) is 0 Å². The molecule has 0 spiro atoms. The van der Waals surface area contributed by atoms with Crippen molar-refractivity contribution in [2.75, 3.05) is 0 Å². The van der Waals surface area contributed by atoms with Gasteiger partial charge in [0.25, 0.3) is 0 Å². The molecule has 1 unspecified atom stereocenters. The van der Waals surface area contributed by atoms with E-state index in [0.717, 1.165) is 36.5 Å². The molecular formula is C25H19Br2NO. The first-order chi connectivity index (χ1) is 14.1. The number of carbonyl (C=O) groups is 1. The van der Waals surface area contributed by atoms with Gasteiger partial charge in [0.2, 0.25) is 0 Å². The van der Waals surface area contributed by atoms with Gasteiger partial charge >= 0.3 is 0 Å². The summed E-state index contributed by atoms with van der Waals surface area (Å²) >= 11 is 6.94. The maximum absolute atomic E-state index is 12.8. The van der Waals surface area contributed by atoms with Crippen molar-refractivity contribution >= 4 is 54.6 Å². The van der Waals surface area contributed by atoms with Gasteiger partial charge in [0.1, 0.15) is 0 Å². The zero-order valence-electron chi connectivity index (χ0n) is 15.6. The third-order valence-corrected chi connectivity index (χ3v) is 6.06. The van der Waals surface area contributed by atoms with Crippen LogP contribution in [0.4, 0.5) is 0 Å². The number of hydrogen-bond acceptors (Lipinski definition) is 1. The average Bonchev–Trinajstić information content (AvgIpc) is 3.16. The van der Waals surface area contributed by atoms with Gasteiger partial charge in [-0.3, -0.25) is 4.79 Å². The first-order valence-corrected chi connectivity index (χ1v) is 11.0. The fraction of sp³-hybridized carbons (Fsp3) is 0.0800. The molecule has 0 amide bonds. The number of ketones is 1. The third-order valence-electron chi connectivity index (χ3n) is 5.01. The molecule has 4 heteroatoms. The summed E-state index contributed by atoms with van der Waals surface area (Å²) < 4.78 is 2.05. The highest BCUT2D eigenvalue weighted by Gasteiger charge is 2.20. The van der Waals surface area contributed by atoms with Gasteiger partial charge in [-0.05, 0) is 53.1 Å². The lowest BCUT2D eigenvalue weighted by Gasteiger charge is -2.16. The highest BCUT2D eigenvalue weighted by molar-refractivity contribution is 9.10. The summed E-state index contributed by atoms with van der Waals surface area (Å²) in [6, 6.07) is 24.4. The fourth-order valence-electron chi connectivity index (χ4n) is 3.52.